The fourth-order valence-corrected chi connectivity index (χ4v) is 3.12. The third-order valence-corrected chi connectivity index (χ3v) is 4.43. The molecule has 1 aliphatic rings. The fraction of sp³-hybridized carbons (Fsp3) is 0.421. The van der Waals surface area contributed by atoms with Crippen LogP contribution in [0.15, 0.2) is 35.7 Å². The highest BCUT2D eigenvalue weighted by molar-refractivity contribution is 5.97. The van der Waals surface area contributed by atoms with Crippen LogP contribution < -0.4 is 5.32 Å². The monoisotopic (exact) mass is 324 g/mol. The highest BCUT2D eigenvalue weighted by Crippen LogP contribution is 2.38. The fourth-order valence-electron chi connectivity index (χ4n) is 3.12. The Morgan fingerprint density at radius 2 is 2.08 bits per heavy atom. The predicted molar refractivity (Wildman–Crippen MR) is 96.3 cm³/mol. The molecule has 126 valence electrons. The number of hydrogen-bond acceptors (Lipinski definition) is 5. The first-order valence-corrected chi connectivity index (χ1v) is 8.43. The summed E-state index contributed by atoms with van der Waals surface area (Å²) in [5, 5.41) is 7.50. The maximum atomic E-state index is 5.07. The third-order valence-electron chi connectivity index (χ3n) is 4.43. The lowest BCUT2D eigenvalue weighted by molar-refractivity contribution is 0.159. The van der Waals surface area contributed by atoms with E-state index in [1.807, 2.05) is 13.8 Å². The molecule has 5 nitrogen and oxygen atoms in total. The van der Waals surface area contributed by atoms with Gasteiger partial charge in [0.15, 0.2) is 0 Å². The molecule has 0 bridgehead atoms. The lowest BCUT2D eigenvalue weighted by Crippen LogP contribution is -2.16. The van der Waals surface area contributed by atoms with Crippen LogP contribution >= 0.6 is 0 Å². The molecule has 2 atom stereocenters. The topological polar surface area (TPSA) is 59.4 Å². The van der Waals surface area contributed by atoms with Crippen molar-refractivity contribution >= 4 is 11.7 Å². The molecule has 0 amide bonds. The molecule has 0 aliphatic heterocycles. The summed E-state index contributed by atoms with van der Waals surface area (Å²) in [5.41, 5.74) is 5.71. The van der Waals surface area contributed by atoms with E-state index in [9.17, 15) is 0 Å². The molecular formula is C19H24N4O. The Morgan fingerprint density at radius 1 is 1.33 bits per heavy atom. The molecule has 1 N–H and O–H groups in total. The number of benzene rings is 1. The number of hydrogen-bond donors (Lipinski definition) is 1. The van der Waals surface area contributed by atoms with Crippen LogP contribution in [0.2, 0.25) is 0 Å². The minimum Gasteiger partial charge on any atom is -0.396 e. The molecule has 1 aromatic carbocycles. The van der Waals surface area contributed by atoms with Gasteiger partial charge in [0, 0.05) is 18.0 Å². The van der Waals surface area contributed by atoms with Gasteiger partial charge in [-0.15, -0.1) is 0 Å². The van der Waals surface area contributed by atoms with Crippen molar-refractivity contribution in [3.63, 3.8) is 0 Å². The summed E-state index contributed by atoms with van der Waals surface area (Å²) in [6, 6.07) is 6.94. The minimum atomic E-state index is 0.254. The van der Waals surface area contributed by atoms with Crippen LogP contribution in [0.25, 0.3) is 0 Å². The standard InChI is InChI=1S/C19H24N4O/c1-5-24-23-14(4)16-10-20-19(21-11-16)22-18-13(3)9-15-7-6-12(2)8-17(15)18/h6-8,10-11,13,18H,5,9H2,1-4H3,(H,20,21,22)/b23-14-/t13-,18+/m0/s1. The van der Waals surface area contributed by atoms with Crippen molar-refractivity contribution in [1.82, 2.24) is 9.97 Å². The van der Waals surface area contributed by atoms with Crippen LogP contribution in [0, 0.1) is 12.8 Å². The Kier molecular flexibility index (Phi) is 4.79. The van der Waals surface area contributed by atoms with E-state index in [1.165, 1.54) is 16.7 Å². The van der Waals surface area contributed by atoms with Crippen LogP contribution in [0.3, 0.4) is 0 Å². The van der Waals surface area contributed by atoms with Gasteiger partial charge in [0.05, 0.1) is 11.8 Å². The maximum absolute atomic E-state index is 5.07. The molecule has 0 radical (unpaired) electrons. The van der Waals surface area contributed by atoms with Crippen molar-refractivity contribution in [2.24, 2.45) is 11.1 Å². The summed E-state index contributed by atoms with van der Waals surface area (Å²) in [4.78, 5) is 14.0. The Morgan fingerprint density at radius 3 is 2.79 bits per heavy atom. The van der Waals surface area contributed by atoms with Crippen molar-refractivity contribution in [2.45, 2.75) is 40.2 Å². The lowest BCUT2D eigenvalue weighted by Gasteiger charge is -2.19. The molecule has 2 aromatic rings. The molecule has 0 saturated heterocycles. The summed E-state index contributed by atoms with van der Waals surface area (Å²) in [7, 11) is 0. The summed E-state index contributed by atoms with van der Waals surface area (Å²) in [5.74, 6) is 1.17. The van der Waals surface area contributed by atoms with E-state index >= 15 is 0 Å². The molecular weight excluding hydrogens is 300 g/mol. The van der Waals surface area contributed by atoms with Crippen molar-refractivity contribution in [2.75, 3.05) is 11.9 Å². The molecule has 1 aliphatic carbocycles. The van der Waals surface area contributed by atoms with Crippen LogP contribution in [-0.4, -0.2) is 22.3 Å². The van der Waals surface area contributed by atoms with E-state index in [0.717, 1.165) is 17.7 Å². The van der Waals surface area contributed by atoms with Crippen LogP contribution in [0.5, 0.6) is 0 Å². The first kappa shape index (κ1) is 16.4. The summed E-state index contributed by atoms with van der Waals surface area (Å²) in [6.07, 6.45) is 4.65. The average molecular weight is 324 g/mol. The molecule has 0 spiro atoms. The van der Waals surface area contributed by atoms with Gasteiger partial charge >= 0.3 is 0 Å². The SMILES string of the molecule is CCO/N=C(/C)c1cnc(N[C@H]2c3cc(C)ccc3C[C@@H]2C)nc1. The van der Waals surface area contributed by atoms with E-state index < -0.39 is 0 Å². The molecule has 0 unspecified atom stereocenters. The Balaban J connectivity index is 1.76. The van der Waals surface area contributed by atoms with Crippen molar-refractivity contribution in [3.05, 3.63) is 52.8 Å². The number of fused-ring (bicyclic) bond motifs is 1. The number of rotatable bonds is 5. The molecule has 5 heteroatoms. The van der Waals surface area contributed by atoms with E-state index in [-0.39, 0.29) is 6.04 Å². The van der Waals surface area contributed by atoms with Crippen LogP contribution in [0.4, 0.5) is 5.95 Å². The first-order chi connectivity index (χ1) is 11.6. The predicted octanol–water partition coefficient (Wildman–Crippen LogP) is 3.89. The number of aromatic nitrogens is 2. The van der Waals surface area contributed by atoms with Gasteiger partial charge in [-0.3, -0.25) is 0 Å². The quantitative estimate of drug-likeness (QED) is 0.669. The van der Waals surface area contributed by atoms with Gasteiger partial charge in [0.1, 0.15) is 6.61 Å². The molecule has 3 rings (SSSR count). The first-order valence-electron chi connectivity index (χ1n) is 8.43. The molecule has 0 saturated carbocycles. The smallest absolute Gasteiger partial charge is 0.223 e. The second-order valence-electron chi connectivity index (χ2n) is 6.40. The van der Waals surface area contributed by atoms with Gasteiger partial charge in [0.25, 0.3) is 0 Å². The van der Waals surface area contributed by atoms with Gasteiger partial charge in [-0.25, -0.2) is 9.97 Å². The highest BCUT2D eigenvalue weighted by Gasteiger charge is 2.29. The number of anilines is 1. The van der Waals surface area contributed by atoms with E-state index in [4.69, 9.17) is 4.84 Å². The molecule has 0 fully saturated rings. The van der Waals surface area contributed by atoms with Crippen LogP contribution in [-0.2, 0) is 11.3 Å². The number of nitrogens with one attached hydrogen (secondary N) is 1. The molecule has 1 aromatic heterocycles. The van der Waals surface area contributed by atoms with Gasteiger partial charge in [0.2, 0.25) is 5.95 Å². The van der Waals surface area contributed by atoms with Crippen LogP contribution in [0.1, 0.15) is 49.1 Å². The zero-order chi connectivity index (χ0) is 17.1. The molecule has 1 heterocycles. The highest BCUT2D eigenvalue weighted by atomic mass is 16.6. The summed E-state index contributed by atoms with van der Waals surface area (Å²) in [6.45, 7) is 8.74. The second kappa shape index (κ2) is 6.99. The maximum Gasteiger partial charge on any atom is 0.223 e. The van der Waals surface area contributed by atoms with E-state index in [2.05, 4.69) is 52.5 Å². The second-order valence-corrected chi connectivity index (χ2v) is 6.40. The average Bonchev–Trinajstić information content (AvgIpc) is 2.88. The van der Waals surface area contributed by atoms with Crippen molar-refractivity contribution in [1.29, 1.82) is 0 Å². The van der Waals surface area contributed by atoms with Gasteiger partial charge in [-0.2, -0.15) is 0 Å². The minimum absolute atomic E-state index is 0.254. The summed E-state index contributed by atoms with van der Waals surface area (Å²) < 4.78 is 0. The normalized spacial score (nSPS) is 19.9. The van der Waals surface area contributed by atoms with Gasteiger partial charge in [-0.1, -0.05) is 35.8 Å². The number of aryl methyl sites for hydroxylation is 1. The van der Waals surface area contributed by atoms with Gasteiger partial charge < -0.3 is 10.2 Å². The van der Waals surface area contributed by atoms with Crippen molar-refractivity contribution < 1.29 is 4.84 Å². The Hall–Kier alpha value is -2.43. The summed E-state index contributed by atoms with van der Waals surface area (Å²) >= 11 is 0. The van der Waals surface area contributed by atoms with E-state index in [1.54, 1.807) is 12.4 Å². The lowest BCUT2D eigenvalue weighted by atomic mass is 10.0. The Bertz CT molecular complexity index is 740. The van der Waals surface area contributed by atoms with E-state index in [0.29, 0.717) is 18.5 Å². The zero-order valence-corrected chi connectivity index (χ0v) is 14.7. The zero-order valence-electron chi connectivity index (χ0n) is 14.7. The number of nitrogens with zero attached hydrogens (tertiary/aromatic N) is 3. The number of oxime groups is 1. The molecule has 24 heavy (non-hydrogen) atoms. The largest absolute Gasteiger partial charge is 0.396 e. The Labute approximate surface area is 143 Å². The van der Waals surface area contributed by atoms with Crippen molar-refractivity contribution in [3.8, 4) is 0 Å². The third kappa shape index (κ3) is 3.40. The van der Waals surface area contributed by atoms with Gasteiger partial charge in [-0.05, 0) is 44.2 Å².